The van der Waals surface area contributed by atoms with Crippen molar-refractivity contribution in [2.24, 2.45) is 0 Å². The average Bonchev–Trinajstić information content (AvgIpc) is 2.36. The van der Waals surface area contributed by atoms with Crippen molar-refractivity contribution in [3.63, 3.8) is 0 Å². The zero-order valence-electron chi connectivity index (χ0n) is 10.4. The number of hydrogen-bond donors (Lipinski definition) is 1. The summed E-state index contributed by atoms with van der Waals surface area (Å²) in [6.07, 6.45) is 1.87. The van der Waals surface area contributed by atoms with Crippen molar-refractivity contribution in [2.75, 3.05) is 14.2 Å². The van der Waals surface area contributed by atoms with Crippen LogP contribution in [0.3, 0.4) is 0 Å². The van der Waals surface area contributed by atoms with E-state index < -0.39 is 0 Å². The van der Waals surface area contributed by atoms with Gasteiger partial charge in [0.05, 0.1) is 14.2 Å². The van der Waals surface area contributed by atoms with Crippen LogP contribution in [0.1, 0.15) is 12.5 Å². The summed E-state index contributed by atoms with van der Waals surface area (Å²) in [6.45, 7) is 6.54. The maximum atomic E-state index is 5.27. The minimum Gasteiger partial charge on any atom is -0.493 e. The van der Waals surface area contributed by atoms with E-state index >= 15 is 0 Å². The monoisotopic (exact) mass is 299 g/mol. The summed E-state index contributed by atoms with van der Waals surface area (Å²) in [5.74, 6) is 1.46. The van der Waals surface area contributed by atoms with E-state index in [1.54, 1.807) is 14.2 Å². The lowest BCUT2D eigenvalue weighted by atomic mass is 10.2. The van der Waals surface area contributed by atoms with Crippen LogP contribution in [-0.2, 0) is 6.54 Å². The summed E-state index contributed by atoms with van der Waals surface area (Å²) < 4.78 is 11.5. The Morgan fingerprint density at radius 2 is 1.94 bits per heavy atom. The number of hydrogen-bond acceptors (Lipinski definition) is 3. The number of benzene rings is 1. The molecule has 0 amide bonds. The first-order chi connectivity index (χ1) is 8.12. The summed E-state index contributed by atoms with van der Waals surface area (Å²) in [5.41, 5.74) is 1.12. The van der Waals surface area contributed by atoms with E-state index in [4.69, 9.17) is 9.47 Å². The minimum absolute atomic E-state index is 0.273. The Bertz CT molecular complexity index is 393. The summed E-state index contributed by atoms with van der Waals surface area (Å²) in [4.78, 5) is 0. The van der Waals surface area contributed by atoms with Gasteiger partial charge in [-0.05, 0) is 24.6 Å². The Morgan fingerprint density at radius 1 is 1.35 bits per heavy atom. The fourth-order valence-corrected chi connectivity index (χ4v) is 1.85. The third-order valence-corrected chi connectivity index (χ3v) is 3.26. The standard InChI is InChI=1S/C13H18BrNO2/c1-5-9(2)15-8-10-6-12(16-3)13(17-4)7-11(10)14/h5-7,9,15H,1,8H2,2-4H3. The number of rotatable bonds is 6. The fraction of sp³-hybridized carbons (Fsp3) is 0.385. The van der Waals surface area contributed by atoms with E-state index in [0.717, 1.165) is 28.1 Å². The largest absolute Gasteiger partial charge is 0.493 e. The zero-order chi connectivity index (χ0) is 12.8. The van der Waals surface area contributed by atoms with Crippen molar-refractivity contribution >= 4 is 15.9 Å². The lowest BCUT2D eigenvalue weighted by Gasteiger charge is -2.14. The maximum Gasteiger partial charge on any atom is 0.161 e. The molecule has 0 aliphatic rings. The fourth-order valence-electron chi connectivity index (χ4n) is 1.39. The number of methoxy groups -OCH3 is 2. The second-order valence-corrected chi connectivity index (χ2v) is 4.56. The molecule has 17 heavy (non-hydrogen) atoms. The molecule has 3 nitrogen and oxygen atoms in total. The highest BCUT2D eigenvalue weighted by atomic mass is 79.9. The van der Waals surface area contributed by atoms with Crippen LogP contribution < -0.4 is 14.8 Å². The molecule has 1 unspecified atom stereocenters. The van der Waals surface area contributed by atoms with Gasteiger partial charge >= 0.3 is 0 Å². The van der Waals surface area contributed by atoms with Gasteiger partial charge in [0.1, 0.15) is 0 Å². The molecule has 1 rings (SSSR count). The van der Waals surface area contributed by atoms with Crippen LogP contribution in [0, 0.1) is 0 Å². The lowest BCUT2D eigenvalue weighted by molar-refractivity contribution is 0.354. The van der Waals surface area contributed by atoms with E-state index in [1.807, 2.05) is 18.2 Å². The molecule has 0 saturated heterocycles. The molecule has 1 aromatic rings. The molecule has 1 aromatic carbocycles. The summed E-state index contributed by atoms with van der Waals surface area (Å²) in [5, 5.41) is 3.33. The first-order valence-electron chi connectivity index (χ1n) is 5.38. The number of halogens is 1. The van der Waals surface area contributed by atoms with Gasteiger partial charge in [0.25, 0.3) is 0 Å². The Kier molecular flexibility index (Phi) is 5.51. The van der Waals surface area contributed by atoms with E-state index in [2.05, 4.69) is 34.7 Å². The van der Waals surface area contributed by atoms with E-state index in [0.29, 0.717) is 0 Å². The van der Waals surface area contributed by atoms with Crippen LogP contribution in [-0.4, -0.2) is 20.3 Å². The molecule has 0 heterocycles. The van der Waals surface area contributed by atoms with Crippen LogP contribution in [0.2, 0.25) is 0 Å². The lowest BCUT2D eigenvalue weighted by Crippen LogP contribution is -2.23. The first-order valence-corrected chi connectivity index (χ1v) is 6.18. The van der Waals surface area contributed by atoms with Gasteiger partial charge in [0.2, 0.25) is 0 Å². The number of ether oxygens (including phenoxy) is 2. The third-order valence-electron chi connectivity index (χ3n) is 2.52. The molecule has 0 aromatic heterocycles. The summed E-state index contributed by atoms with van der Waals surface area (Å²) >= 11 is 3.52. The quantitative estimate of drug-likeness (QED) is 0.819. The Balaban J connectivity index is 2.88. The second-order valence-electron chi connectivity index (χ2n) is 3.70. The normalized spacial score (nSPS) is 12.0. The highest BCUT2D eigenvalue weighted by Gasteiger charge is 2.09. The molecular weight excluding hydrogens is 282 g/mol. The van der Waals surface area contributed by atoms with Crippen LogP contribution in [0.25, 0.3) is 0 Å². The van der Waals surface area contributed by atoms with Crippen molar-refractivity contribution < 1.29 is 9.47 Å². The summed E-state index contributed by atoms with van der Waals surface area (Å²) in [6, 6.07) is 4.15. The third kappa shape index (κ3) is 3.75. The zero-order valence-corrected chi connectivity index (χ0v) is 12.0. The van der Waals surface area contributed by atoms with Gasteiger partial charge in [0, 0.05) is 17.1 Å². The SMILES string of the molecule is C=CC(C)NCc1cc(OC)c(OC)cc1Br. The van der Waals surface area contributed by atoms with Crippen LogP contribution >= 0.6 is 15.9 Å². The predicted molar refractivity (Wildman–Crippen MR) is 73.7 cm³/mol. The Morgan fingerprint density at radius 3 is 2.47 bits per heavy atom. The van der Waals surface area contributed by atoms with Gasteiger partial charge in [0.15, 0.2) is 11.5 Å². The summed E-state index contributed by atoms with van der Waals surface area (Å²) in [7, 11) is 3.26. The van der Waals surface area contributed by atoms with Crippen molar-refractivity contribution in [3.05, 3.63) is 34.8 Å². The minimum atomic E-state index is 0.273. The highest BCUT2D eigenvalue weighted by Crippen LogP contribution is 2.33. The van der Waals surface area contributed by atoms with Gasteiger partial charge in [-0.2, -0.15) is 0 Å². The number of nitrogens with one attached hydrogen (secondary N) is 1. The van der Waals surface area contributed by atoms with Crippen LogP contribution in [0.5, 0.6) is 11.5 Å². The molecule has 0 aliphatic carbocycles. The molecule has 0 bridgehead atoms. The van der Waals surface area contributed by atoms with Gasteiger partial charge in [-0.25, -0.2) is 0 Å². The van der Waals surface area contributed by atoms with Crippen molar-refractivity contribution in [1.29, 1.82) is 0 Å². The highest BCUT2D eigenvalue weighted by molar-refractivity contribution is 9.10. The molecule has 1 N–H and O–H groups in total. The average molecular weight is 300 g/mol. The smallest absolute Gasteiger partial charge is 0.161 e. The van der Waals surface area contributed by atoms with Crippen LogP contribution in [0.4, 0.5) is 0 Å². The molecule has 4 heteroatoms. The molecule has 0 spiro atoms. The van der Waals surface area contributed by atoms with Gasteiger partial charge in [-0.1, -0.05) is 22.0 Å². The van der Waals surface area contributed by atoms with Crippen LogP contribution in [0.15, 0.2) is 29.3 Å². The first kappa shape index (κ1) is 14.1. The van der Waals surface area contributed by atoms with Crippen molar-refractivity contribution in [2.45, 2.75) is 19.5 Å². The Labute approximate surface area is 111 Å². The topological polar surface area (TPSA) is 30.5 Å². The van der Waals surface area contributed by atoms with E-state index in [-0.39, 0.29) is 6.04 Å². The van der Waals surface area contributed by atoms with Gasteiger partial charge in [-0.3, -0.25) is 0 Å². The predicted octanol–water partition coefficient (Wildman–Crippen LogP) is 3.13. The van der Waals surface area contributed by atoms with E-state index in [9.17, 15) is 0 Å². The molecule has 0 aliphatic heterocycles. The Hall–Kier alpha value is -1.00. The van der Waals surface area contributed by atoms with Gasteiger partial charge in [-0.15, -0.1) is 6.58 Å². The van der Waals surface area contributed by atoms with Crippen molar-refractivity contribution in [3.8, 4) is 11.5 Å². The molecular formula is C13H18BrNO2. The second kappa shape index (κ2) is 6.67. The maximum absolute atomic E-state index is 5.27. The molecule has 1 atom stereocenters. The molecule has 0 radical (unpaired) electrons. The molecule has 0 fully saturated rings. The van der Waals surface area contributed by atoms with E-state index in [1.165, 1.54) is 0 Å². The van der Waals surface area contributed by atoms with Crippen molar-refractivity contribution in [1.82, 2.24) is 5.32 Å². The molecule has 0 saturated carbocycles. The molecule has 94 valence electrons. The van der Waals surface area contributed by atoms with Gasteiger partial charge < -0.3 is 14.8 Å².